The Morgan fingerprint density at radius 3 is 2.71 bits per heavy atom. The van der Waals surface area contributed by atoms with Crippen molar-refractivity contribution in [2.24, 2.45) is 5.92 Å². The van der Waals surface area contributed by atoms with Gasteiger partial charge >= 0.3 is 0 Å². The van der Waals surface area contributed by atoms with Gasteiger partial charge in [0.1, 0.15) is 0 Å². The van der Waals surface area contributed by atoms with Gasteiger partial charge in [-0.25, -0.2) is 0 Å². The monoisotopic (exact) mass is 242 g/mol. The van der Waals surface area contributed by atoms with Crippen molar-refractivity contribution in [3.8, 4) is 0 Å². The maximum Gasteiger partial charge on any atom is 0.0674 e. The average Bonchev–Trinajstić information content (AvgIpc) is 2.27. The molecule has 1 heterocycles. The molecule has 0 aromatic carbocycles. The normalized spacial score (nSPS) is 24.2. The quantitative estimate of drug-likeness (QED) is 0.740. The van der Waals surface area contributed by atoms with Crippen LogP contribution in [0, 0.1) is 5.92 Å². The topological polar surface area (TPSA) is 24.5 Å². The standard InChI is InChI=1S/C14H30N2O/c1-5-6-14(10-15-9-12(2)3)16-7-8-17-13(4)11-16/h12-15H,5-11H2,1-4H3. The molecule has 0 radical (unpaired) electrons. The van der Waals surface area contributed by atoms with E-state index >= 15 is 0 Å². The number of hydrogen-bond donors (Lipinski definition) is 1. The highest BCUT2D eigenvalue weighted by atomic mass is 16.5. The Morgan fingerprint density at radius 2 is 2.12 bits per heavy atom. The SMILES string of the molecule is CCCC(CNCC(C)C)N1CCOC(C)C1. The van der Waals surface area contributed by atoms with Crippen molar-refractivity contribution in [3.05, 3.63) is 0 Å². The van der Waals surface area contributed by atoms with Gasteiger partial charge in [0.15, 0.2) is 0 Å². The summed E-state index contributed by atoms with van der Waals surface area (Å²) in [5.74, 6) is 0.737. The Morgan fingerprint density at radius 1 is 1.35 bits per heavy atom. The van der Waals surface area contributed by atoms with Crippen LogP contribution in [0.2, 0.25) is 0 Å². The molecule has 17 heavy (non-hydrogen) atoms. The number of nitrogens with one attached hydrogen (secondary N) is 1. The average molecular weight is 242 g/mol. The number of morpholine rings is 1. The van der Waals surface area contributed by atoms with Gasteiger partial charge in [0, 0.05) is 25.7 Å². The summed E-state index contributed by atoms with van der Waals surface area (Å²) in [4.78, 5) is 2.60. The van der Waals surface area contributed by atoms with Gasteiger partial charge in [-0.15, -0.1) is 0 Å². The Labute approximate surface area is 107 Å². The van der Waals surface area contributed by atoms with Crippen molar-refractivity contribution in [1.29, 1.82) is 0 Å². The molecule has 0 aromatic rings. The molecule has 3 heteroatoms. The molecular weight excluding hydrogens is 212 g/mol. The molecule has 2 unspecified atom stereocenters. The predicted molar refractivity (Wildman–Crippen MR) is 73.4 cm³/mol. The van der Waals surface area contributed by atoms with Crippen molar-refractivity contribution in [2.75, 3.05) is 32.8 Å². The second-order valence-electron chi connectivity index (χ2n) is 5.67. The molecule has 1 rings (SSSR count). The van der Waals surface area contributed by atoms with Gasteiger partial charge in [0.25, 0.3) is 0 Å². The third-order valence-corrected chi connectivity index (χ3v) is 3.34. The lowest BCUT2D eigenvalue weighted by molar-refractivity contribution is -0.0351. The minimum absolute atomic E-state index is 0.396. The summed E-state index contributed by atoms with van der Waals surface area (Å²) in [7, 11) is 0. The van der Waals surface area contributed by atoms with Crippen LogP contribution < -0.4 is 5.32 Å². The molecular formula is C14H30N2O. The van der Waals surface area contributed by atoms with E-state index in [0.717, 1.165) is 38.7 Å². The molecule has 1 saturated heterocycles. The lowest BCUT2D eigenvalue weighted by Gasteiger charge is -2.37. The van der Waals surface area contributed by atoms with Gasteiger partial charge in [-0.1, -0.05) is 27.2 Å². The fourth-order valence-corrected chi connectivity index (χ4v) is 2.46. The summed E-state index contributed by atoms with van der Waals surface area (Å²) in [6.07, 6.45) is 2.95. The molecule has 2 atom stereocenters. The van der Waals surface area contributed by atoms with Crippen LogP contribution in [0.3, 0.4) is 0 Å². The smallest absolute Gasteiger partial charge is 0.0674 e. The molecule has 0 amide bonds. The third kappa shape index (κ3) is 5.84. The highest BCUT2D eigenvalue weighted by Crippen LogP contribution is 2.12. The number of rotatable bonds is 7. The summed E-state index contributed by atoms with van der Waals surface area (Å²) in [5.41, 5.74) is 0. The summed E-state index contributed by atoms with van der Waals surface area (Å²) in [6.45, 7) is 14.3. The second kappa shape index (κ2) is 8.06. The molecule has 1 fully saturated rings. The second-order valence-corrected chi connectivity index (χ2v) is 5.67. The largest absolute Gasteiger partial charge is 0.376 e. The zero-order valence-corrected chi connectivity index (χ0v) is 12.0. The van der Waals surface area contributed by atoms with E-state index in [1.807, 2.05) is 0 Å². The van der Waals surface area contributed by atoms with Crippen molar-refractivity contribution >= 4 is 0 Å². The lowest BCUT2D eigenvalue weighted by atomic mass is 10.1. The van der Waals surface area contributed by atoms with Crippen LogP contribution in [0.4, 0.5) is 0 Å². The molecule has 0 saturated carbocycles. The summed E-state index contributed by atoms with van der Waals surface area (Å²) in [6, 6.07) is 0.685. The van der Waals surface area contributed by atoms with Crippen LogP contribution in [-0.2, 0) is 4.74 Å². The van der Waals surface area contributed by atoms with E-state index in [9.17, 15) is 0 Å². The summed E-state index contributed by atoms with van der Waals surface area (Å²) in [5, 5.41) is 3.60. The first kappa shape index (κ1) is 14.9. The molecule has 102 valence electrons. The number of ether oxygens (including phenoxy) is 1. The van der Waals surface area contributed by atoms with E-state index in [2.05, 4.69) is 37.9 Å². The summed E-state index contributed by atoms with van der Waals surface area (Å²) >= 11 is 0. The molecule has 1 aliphatic rings. The van der Waals surface area contributed by atoms with E-state index in [-0.39, 0.29) is 0 Å². The van der Waals surface area contributed by atoms with Crippen LogP contribution in [-0.4, -0.2) is 49.8 Å². The van der Waals surface area contributed by atoms with Gasteiger partial charge in [-0.05, 0) is 25.8 Å². The molecule has 0 aromatic heterocycles. The van der Waals surface area contributed by atoms with Gasteiger partial charge in [-0.2, -0.15) is 0 Å². The Hall–Kier alpha value is -0.120. The first-order valence-electron chi connectivity index (χ1n) is 7.19. The minimum atomic E-state index is 0.396. The number of hydrogen-bond acceptors (Lipinski definition) is 3. The van der Waals surface area contributed by atoms with Crippen LogP contribution in [0.25, 0.3) is 0 Å². The Kier molecular flexibility index (Phi) is 7.09. The van der Waals surface area contributed by atoms with Crippen molar-refractivity contribution in [1.82, 2.24) is 10.2 Å². The maximum atomic E-state index is 5.62. The zero-order valence-electron chi connectivity index (χ0n) is 12.0. The zero-order chi connectivity index (χ0) is 12.7. The van der Waals surface area contributed by atoms with Crippen molar-refractivity contribution < 1.29 is 4.74 Å². The highest BCUT2D eigenvalue weighted by Gasteiger charge is 2.23. The van der Waals surface area contributed by atoms with Gasteiger partial charge in [-0.3, -0.25) is 4.90 Å². The maximum absolute atomic E-state index is 5.62. The fourth-order valence-electron chi connectivity index (χ4n) is 2.46. The van der Waals surface area contributed by atoms with Crippen LogP contribution >= 0.6 is 0 Å². The molecule has 1 N–H and O–H groups in total. The van der Waals surface area contributed by atoms with E-state index in [1.165, 1.54) is 12.8 Å². The van der Waals surface area contributed by atoms with Crippen LogP contribution in [0.5, 0.6) is 0 Å². The molecule has 3 nitrogen and oxygen atoms in total. The fraction of sp³-hybridized carbons (Fsp3) is 1.00. The predicted octanol–water partition coefficient (Wildman–Crippen LogP) is 2.12. The van der Waals surface area contributed by atoms with Gasteiger partial charge in [0.05, 0.1) is 12.7 Å². The molecule has 0 aliphatic carbocycles. The molecule has 1 aliphatic heterocycles. The third-order valence-electron chi connectivity index (χ3n) is 3.34. The Bertz CT molecular complexity index is 197. The van der Waals surface area contributed by atoms with E-state index in [4.69, 9.17) is 4.74 Å². The van der Waals surface area contributed by atoms with Gasteiger partial charge < -0.3 is 10.1 Å². The first-order chi connectivity index (χ1) is 8.13. The van der Waals surface area contributed by atoms with E-state index in [1.54, 1.807) is 0 Å². The Balaban J connectivity index is 2.35. The lowest BCUT2D eigenvalue weighted by Crippen LogP contribution is -2.50. The van der Waals surface area contributed by atoms with Crippen molar-refractivity contribution in [3.63, 3.8) is 0 Å². The van der Waals surface area contributed by atoms with E-state index < -0.39 is 0 Å². The summed E-state index contributed by atoms with van der Waals surface area (Å²) < 4.78 is 5.62. The van der Waals surface area contributed by atoms with E-state index in [0.29, 0.717) is 12.1 Å². The van der Waals surface area contributed by atoms with Crippen molar-refractivity contribution in [2.45, 2.75) is 52.7 Å². The van der Waals surface area contributed by atoms with Crippen LogP contribution in [0.15, 0.2) is 0 Å². The van der Waals surface area contributed by atoms with Crippen LogP contribution in [0.1, 0.15) is 40.5 Å². The molecule has 0 bridgehead atoms. The highest BCUT2D eigenvalue weighted by molar-refractivity contribution is 4.78. The first-order valence-corrected chi connectivity index (χ1v) is 7.19. The molecule has 0 spiro atoms. The number of nitrogens with zero attached hydrogens (tertiary/aromatic N) is 1. The minimum Gasteiger partial charge on any atom is -0.376 e. The van der Waals surface area contributed by atoms with Gasteiger partial charge in [0.2, 0.25) is 0 Å².